The van der Waals surface area contributed by atoms with Crippen molar-refractivity contribution in [1.29, 1.82) is 0 Å². The summed E-state index contributed by atoms with van der Waals surface area (Å²) in [6.45, 7) is 0. The van der Waals surface area contributed by atoms with Gasteiger partial charge in [0, 0.05) is 18.7 Å². The second-order valence-corrected chi connectivity index (χ2v) is 4.49. The Morgan fingerprint density at radius 1 is 1.28 bits per heavy atom. The van der Waals surface area contributed by atoms with Crippen LogP contribution in [0.2, 0.25) is 0 Å². The highest BCUT2D eigenvalue weighted by Gasteiger charge is 2.17. The molecule has 18 heavy (non-hydrogen) atoms. The van der Waals surface area contributed by atoms with Crippen LogP contribution in [0.15, 0.2) is 22.8 Å². The number of nitrogens with two attached hydrogens (primary N) is 1. The third-order valence-corrected chi connectivity index (χ3v) is 3.30. The number of methoxy groups -OCH3 is 2. The maximum Gasteiger partial charge on any atom is 0.201 e. The first-order valence-electron chi connectivity index (χ1n) is 5.28. The van der Waals surface area contributed by atoms with Crippen LogP contribution in [-0.2, 0) is 7.05 Å². The van der Waals surface area contributed by atoms with Crippen molar-refractivity contribution in [2.24, 2.45) is 7.05 Å². The molecular formula is C12H14BrN3O2. The van der Waals surface area contributed by atoms with Crippen molar-refractivity contribution >= 4 is 21.9 Å². The molecule has 2 aromatic rings. The lowest BCUT2D eigenvalue weighted by atomic mass is 10.1. The Morgan fingerprint density at radius 3 is 2.50 bits per heavy atom. The quantitative estimate of drug-likeness (QED) is 0.945. The van der Waals surface area contributed by atoms with Gasteiger partial charge < -0.3 is 19.8 Å². The van der Waals surface area contributed by atoms with E-state index in [4.69, 9.17) is 15.2 Å². The minimum atomic E-state index is 0.440. The summed E-state index contributed by atoms with van der Waals surface area (Å²) in [4.78, 5) is 4.18. The molecule has 0 aliphatic rings. The van der Waals surface area contributed by atoms with E-state index in [-0.39, 0.29) is 0 Å². The number of halogens is 1. The molecule has 0 bridgehead atoms. The molecule has 2 N–H and O–H groups in total. The zero-order chi connectivity index (χ0) is 13.3. The average Bonchev–Trinajstić information content (AvgIpc) is 2.62. The van der Waals surface area contributed by atoms with Crippen LogP contribution in [0.3, 0.4) is 0 Å². The molecule has 0 atom stereocenters. The van der Waals surface area contributed by atoms with Gasteiger partial charge in [0.15, 0.2) is 0 Å². The molecule has 0 aliphatic carbocycles. The lowest BCUT2D eigenvalue weighted by Gasteiger charge is -2.11. The van der Waals surface area contributed by atoms with Crippen LogP contribution in [0.5, 0.6) is 11.5 Å². The highest BCUT2D eigenvalue weighted by molar-refractivity contribution is 9.10. The number of aromatic nitrogens is 2. The summed E-state index contributed by atoms with van der Waals surface area (Å²) < 4.78 is 13.0. The van der Waals surface area contributed by atoms with E-state index in [9.17, 15) is 0 Å². The standard InChI is InChI=1S/C12H14BrN3O2/c1-16-10(11(13)15-12(16)14)8-5-4-7(17-2)6-9(8)18-3/h4-6H,1-3H3,(H2,14,15). The third-order valence-electron chi connectivity index (χ3n) is 2.75. The van der Waals surface area contributed by atoms with Gasteiger partial charge in [-0.2, -0.15) is 0 Å². The molecule has 1 aromatic heterocycles. The summed E-state index contributed by atoms with van der Waals surface area (Å²) in [7, 11) is 5.09. The average molecular weight is 312 g/mol. The molecule has 1 aromatic carbocycles. The molecule has 2 rings (SSSR count). The fourth-order valence-electron chi connectivity index (χ4n) is 1.77. The fourth-order valence-corrected chi connectivity index (χ4v) is 2.43. The van der Waals surface area contributed by atoms with Gasteiger partial charge in [-0.3, -0.25) is 0 Å². The highest BCUT2D eigenvalue weighted by atomic mass is 79.9. The first-order valence-corrected chi connectivity index (χ1v) is 6.08. The SMILES string of the molecule is COc1ccc(-c2c(Br)nc(N)n2C)c(OC)c1. The predicted molar refractivity (Wildman–Crippen MR) is 73.9 cm³/mol. The first kappa shape index (κ1) is 12.8. The number of hydrogen-bond donors (Lipinski definition) is 1. The molecule has 0 unspecified atom stereocenters. The number of rotatable bonds is 3. The maximum atomic E-state index is 5.78. The van der Waals surface area contributed by atoms with Crippen molar-refractivity contribution in [2.75, 3.05) is 20.0 Å². The lowest BCUT2D eigenvalue weighted by molar-refractivity contribution is 0.395. The molecule has 0 radical (unpaired) electrons. The topological polar surface area (TPSA) is 62.3 Å². The number of anilines is 1. The minimum absolute atomic E-state index is 0.440. The zero-order valence-electron chi connectivity index (χ0n) is 10.4. The van der Waals surface area contributed by atoms with Gasteiger partial charge >= 0.3 is 0 Å². The zero-order valence-corrected chi connectivity index (χ0v) is 12.0. The second-order valence-electron chi connectivity index (χ2n) is 3.73. The number of nitrogen functional groups attached to an aromatic ring is 1. The van der Waals surface area contributed by atoms with Crippen LogP contribution in [0.4, 0.5) is 5.95 Å². The molecule has 1 heterocycles. The van der Waals surface area contributed by atoms with E-state index in [1.165, 1.54) is 0 Å². The van der Waals surface area contributed by atoms with Gasteiger partial charge in [-0.05, 0) is 28.1 Å². The molecule has 0 saturated carbocycles. The van der Waals surface area contributed by atoms with Crippen LogP contribution >= 0.6 is 15.9 Å². The van der Waals surface area contributed by atoms with E-state index in [0.29, 0.717) is 16.3 Å². The van der Waals surface area contributed by atoms with Gasteiger partial charge in [-0.25, -0.2) is 4.98 Å². The summed E-state index contributed by atoms with van der Waals surface area (Å²) in [5, 5.41) is 0. The van der Waals surface area contributed by atoms with E-state index in [1.807, 2.05) is 25.2 Å². The molecule has 0 amide bonds. The van der Waals surface area contributed by atoms with Crippen LogP contribution in [0.25, 0.3) is 11.3 Å². The Morgan fingerprint density at radius 2 is 2.00 bits per heavy atom. The fraction of sp³-hybridized carbons (Fsp3) is 0.250. The van der Waals surface area contributed by atoms with Gasteiger partial charge in [-0.1, -0.05) is 0 Å². The highest BCUT2D eigenvalue weighted by Crippen LogP contribution is 2.37. The number of benzene rings is 1. The molecule has 0 aliphatic heterocycles. The van der Waals surface area contributed by atoms with Crippen molar-refractivity contribution in [2.45, 2.75) is 0 Å². The van der Waals surface area contributed by atoms with Crippen LogP contribution in [0, 0.1) is 0 Å². The Kier molecular flexibility index (Phi) is 3.47. The number of hydrogen-bond acceptors (Lipinski definition) is 4. The molecule has 0 spiro atoms. The smallest absolute Gasteiger partial charge is 0.201 e. The van der Waals surface area contributed by atoms with Gasteiger partial charge in [0.1, 0.15) is 16.1 Å². The van der Waals surface area contributed by atoms with Gasteiger partial charge in [0.2, 0.25) is 5.95 Å². The van der Waals surface area contributed by atoms with Gasteiger partial charge in [0.05, 0.1) is 19.9 Å². The van der Waals surface area contributed by atoms with Crippen LogP contribution in [-0.4, -0.2) is 23.8 Å². The largest absolute Gasteiger partial charge is 0.497 e. The molecule has 0 saturated heterocycles. The first-order chi connectivity index (χ1) is 8.58. The second kappa shape index (κ2) is 4.89. The molecule has 6 heteroatoms. The Labute approximate surface area is 114 Å². The third kappa shape index (κ3) is 2.03. The van der Waals surface area contributed by atoms with Gasteiger partial charge in [-0.15, -0.1) is 0 Å². The number of ether oxygens (including phenoxy) is 2. The summed E-state index contributed by atoms with van der Waals surface area (Å²) in [5.74, 6) is 1.88. The Bertz CT molecular complexity index is 581. The molecular weight excluding hydrogens is 298 g/mol. The van der Waals surface area contributed by atoms with Crippen molar-refractivity contribution in [3.05, 3.63) is 22.8 Å². The number of nitrogens with zero attached hydrogens (tertiary/aromatic N) is 2. The monoisotopic (exact) mass is 311 g/mol. The number of imidazole rings is 1. The maximum absolute atomic E-state index is 5.78. The van der Waals surface area contributed by atoms with Crippen LogP contribution in [0.1, 0.15) is 0 Å². The van der Waals surface area contributed by atoms with E-state index < -0.39 is 0 Å². The van der Waals surface area contributed by atoms with E-state index in [2.05, 4.69) is 20.9 Å². The minimum Gasteiger partial charge on any atom is -0.497 e. The molecule has 5 nitrogen and oxygen atoms in total. The molecule has 96 valence electrons. The lowest BCUT2D eigenvalue weighted by Crippen LogP contribution is -1.99. The van der Waals surface area contributed by atoms with Crippen molar-refractivity contribution in [3.8, 4) is 22.8 Å². The van der Waals surface area contributed by atoms with E-state index in [1.54, 1.807) is 18.8 Å². The van der Waals surface area contributed by atoms with Crippen molar-refractivity contribution in [1.82, 2.24) is 9.55 Å². The summed E-state index contributed by atoms with van der Waals surface area (Å²) in [5.41, 5.74) is 7.55. The predicted octanol–water partition coefficient (Wildman–Crippen LogP) is 2.45. The Balaban J connectivity index is 2.63. The van der Waals surface area contributed by atoms with E-state index in [0.717, 1.165) is 17.0 Å². The van der Waals surface area contributed by atoms with Gasteiger partial charge in [0.25, 0.3) is 0 Å². The van der Waals surface area contributed by atoms with Crippen molar-refractivity contribution in [3.63, 3.8) is 0 Å². The normalized spacial score (nSPS) is 10.4. The summed E-state index contributed by atoms with van der Waals surface area (Å²) >= 11 is 3.40. The van der Waals surface area contributed by atoms with E-state index >= 15 is 0 Å². The summed E-state index contributed by atoms with van der Waals surface area (Å²) in [6.07, 6.45) is 0. The molecule has 0 fully saturated rings. The van der Waals surface area contributed by atoms with Crippen molar-refractivity contribution < 1.29 is 9.47 Å². The summed E-state index contributed by atoms with van der Waals surface area (Å²) in [6, 6.07) is 5.61. The Hall–Kier alpha value is -1.69. The van der Waals surface area contributed by atoms with Crippen LogP contribution < -0.4 is 15.2 Å².